The summed E-state index contributed by atoms with van der Waals surface area (Å²) in [4.78, 5) is 14.6. The van der Waals surface area contributed by atoms with Gasteiger partial charge in [-0.25, -0.2) is 12.7 Å². The summed E-state index contributed by atoms with van der Waals surface area (Å²) < 4.78 is 25.5. The van der Waals surface area contributed by atoms with Gasteiger partial charge in [0.15, 0.2) is 0 Å². The van der Waals surface area contributed by atoms with Gasteiger partial charge in [-0.05, 0) is 53.1 Å². The summed E-state index contributed by atoms with van der Waals surface area (Å²) in [7, 11) is -0.496. The van der Waals surface area contributed by atoms with Gasteiger partial charge in [0.05, 0.1) is 11.9 Å². The number of aliphatic hydroxyl groups is 1. The number of fused-ring (bicyclic) bond motifs is 1. The van der Waals surface area contributed by atoms with Crippen LogP contribution >= 0.6 is 0 Å². The molecular weight excluding hydrogens is 414 g/mol. The summed E-state index contributed by atoms with van der Waals surface area (Å²) in [6.07, 6.45) is 2.37. The van der Waals surface area contributed by atoms with E-state index in [1.807, 2.05) is 24.3 Å². The number of aliphatic hydroxyl groups excluding tert-OH is 1. The van der Waals surface area contributed by atoms with E-state index >= 15 is 0 Å². The fourth-order valence-electron chi connectivity index (χ4n) is 4.25. The summed E-state index contributed by atoms with van der Waals surface area (Å²) in [6, 6.07) is 11.9. The van der Waals surface area contributed by atoms with Crippen LogP contribution in [0.15, 0.2) is 42.5 Å². The Hall–Kier alpha value is -2.26. The molecule has 0 aromatic heterocycles. The molecule has 0 spiro atoms. The van der Waals surface area contributed by atoms with Crippen LogP contribution in [-0.2, 0) is 10.0 Å². The molecule has 2 heterocycles. The third-order valence-corrected chi connectivity index (χ3v) is 8.16. The monoisotopic (exact) mass is 443 g/mol. The van der Waals surface area contributed by atoms with E-state index in [-0.39, 0.29) is 24.7 Å². The zero-order valence-electron chi connectivity index (χ0n) is 17.9. The largest absolute Gasteiger partial charge is 0.391 e. The first kappa shape index (κ1) is 22.0. The molecule has 0 radical (unpaired) electrons. The lowest BCUT2D eigenvalue weighted by atomic mass is 9.96. The van der Waals surface area contributed by atoms with E-state index in [4.69, 9.17) is 0 Å². The van der Waals surface area contributed by atoms with Crippen molar-refractivity contribution in [3.8, 4) is 0 Å². The minimum absolute atomic E-state index is 0.144. The number of benzene rings is 2. The highest BCUT2D eigenvalue weighted by Gasteiger charge is 2.37. The molecule has 7 nitrogen and oxygen atoms in total. The van der Waals surface area contributed by atoms with Crippen molar-refractivity contribution in [2.45, 2.75) is 12.5 Å². The zero-order chi connectivity index (χ0) is 22.2. The first-order valence-corrected chi connectivity index (χ1v) is 12.2. The average molecular weight is 444 g/mol. The van der Waals surface area contributed by atoms with E-state index in [9.17, 15) is 18.3 Å². The SMILES string of the molecule is CN(C)S(=O)(=O)C[C@@H]1CN(C(=O)c2ccc3cc(C4=CCNCC4)ccc3c2)C[C@@H]1O. The summed E-state index contributed by atoms with van der Waals surface area (Å²) in [6.45, 7) is 2.24. The smallest absolute Gasteiger partial charge is 0.253 e. The first-order chi connectivity index (χ1) is 14.7. The van der Waals surface area contributed by atoms with Crippen molar-refractivity contribution in [1.29, 1.82) is 0 Å². The van der Waals surface area contributed by atoms with Crippen LogP contribution in [-0.4, -0.2) is 80.8 Å². The Kier molecular flexibility index (Phi) is 6.16. The molecule has 31 heavy (non-hydrogen) atoms. The standard InChI is InChI=1S/C23H29N3O4S/c1-25(2)31(29,30)15-21-13-26(14-22(21)27)23(28)20-6-5-18-11-17(3-4-19(18)12-20)16-7-9-24-10-8-16/h3-7,11-12,21-22,24,27H,8-10,13-15H2,1-2H3/t21-,22-/m0/s1. The Labute approximate surface area is 183 Å². The zero-order valence-corrected chi connectivity index (χ0v) is 18.7. The van der Waals surface area contributed by atoms with Crippen LogP contribution in [0.25, 0.3) is 16.3 Å². The van der Waals surface area contributed by atoms with Gasteiger partial charge in [-0.3, -0.25) is 4.79 Å². The number of β-amino-alcohol motifs (C(OH)–C–C–N with tert-alkyl or cyclic N) is 1. The molecule has 1 saturated heterocycles. The molecule has 0 aliphatic carbocycles. The molecule has 0 saturated carbocycles. The second-order valence-corrected chi connectivity index (χ2v) is 10.8. The van der Waals surface area contributed by atoms with Crippen molar-refractivity contribution in [2.24, 2.45) is 5.92 Å². The normalized spacial score (nSPS) is 22.2. The van der Waals surface area contributed by atoms with Gasteiger partial charge in [-0.2, -0.15) is 0 Å². The minimum atomic E-state index is -3.44. The third-order valence-electron chi connectivity index (χ3n) is 6.20. The molecule has 4 rings (SSSR count). The van der Waals surface area contributed by atoms with Crippen LogP contribution < -0.4 is 5.32 Å². The fourth-order valence-corrected chi connectivity index (χ4v) is 5.42. The molecule has 1 fully saturated rings. The molecule has 2 N–H and O–H groups in total. The summed E-state index contributed by atoms with van der Waals surface area (Å²) >= 11 is 0. The molecule has 2 aromatic rings. The van der Waals surface area contributed by atoms with Crippen molar-refractivity contribution in [2.75, 3.05) is 46.0 Å². The maximum atomic E-state index is 13.0. The second-order valence-electron chi connectivity index (χ2n) is 8.56. The topological polar surface area (TPSA) is 90.0 Å². The van der Waals surface area contributed by atoms with Crippen LogP contribution in [0.1, 0.15) is 22.3 Å². The number of rotatable bonds is 5. The number of sulfonamides is 1. The fraction of sp³-hybridized carbons (Fsp3) is 0.435. The number of carbonyl (C=O) groups is 1. The van der Waals surface area contributed by atoms with Crippen molar-refractivity contribution in [1.82, 2.24) is 14.5 Å². The van der Waals surface area contributed by atoms with Gasteiger partial charge in [0.1, 0.15) is 0 Å². The molecule has 2 atom stereocenters. The van der Waals surface area contributed by atoms with Crippen molar-refractivity contribution < 1.29 is 18.3 Å². The van der Waals surface area contributed by atoms with E-state index in [1.165, 1.54) is 25.2 Å². The molecule has 2 aliphatic heterocycles. The van der Waals surface area contributed by atoms with Gasteiger partial charge in [0, 0.05) is 45.2 Å². The van der Waals surface area contributed by atoms with Crippen LogP contribution in [0.2, 0.25) is 0 Å². The number of likely N-dealkylation sites (tertiary alicyclic amines) is 1. The molecule has 166 valence electrons. The van der Waals surface area contributed by atoms with Gasteiger partial charge in [0.2, 0.25) is 10.0 Å². The van der Waals surface area contributed by atoms with Gasteiger partial charge >= 0.3 is 0 Å². The number of carbonyl (C=O) groups excluding carboxylic acids is 1. The molecule has 1 amide bonds. The number of hydrogen-bond donors (Lipinski definition) is 2. The number of hydrogen-bond acceptors (Lipinski definition) is 5. The Morgan fingerprint density at radius 1 is 1.16 bits per heavy atom. The van der Waals surface area contributed by atoms with Crippen LogP contribution in [0, 0.1) is 5.92 Å². The number of nitrogens with zero attached hydrogens (tertiary/aromatic N) is 2. The predicted molar refractivity (Wildman–Crippen MR) is 122 cm³/mol. The lowest BCUT2D eigenvalue weighted by Gasteiger charge is -2.18. The molecule has 0 bridgehead atoms. The molecule has 2 aliphatic rings. The summed E-state index contributed by atoms with van der Waals surface area (Å²) in [5.74, 6) is -0.843. The van der Waals surface area contributed by atoms with Gasteiger partial charge in [-0.15, -0.1) is 0 Å². The maximum Gasteiger partial charge on any atom is 0.253 e. The molecule has 0 unspecified atom stereocenters. The Morgan fingerprint density at radius 3 is 2.61 bits per heavy atom. The highest BCUT2D eigenvalue weighted by Crippen LogP contribution is 2.27. The van der Waals surface area contributed by atoms with E-state index < -0.39 is 22.0 Å². The van der Waals surface area contributed by atoms with Gasteiger partial charge in [0.25, 0.3) is 5.91 Å². The molecule has 2 aromatic carbocycles. The Morgan fingerprint density at radius 2 is 1.90 bits per heavy atom. The van der Waals surface area contributed by atoms with Gasteiger partial charge < -0.3 is 15.3 Å². The minimum Gasteiger partial charge on any atom is -0.391 e. The predicted octanol–water partition coefficient (Wildman–Crippen LogP) is 1.54. The number of nitrogens with one attached hydrogen (secondary N) is 1. The van der Waals surface area contributed by atoms with E-state index in [0.29, 0.717) is 5.56 Å². The maximum absolute atomic E-state index is 13.0. The van der Waals surface area contributed by atoms with E-state index in [1.54, 1.807) is 4.90 Å². The van der Waals surface area contributed by atoms with Crippen LogP contribution in [0.3, 0.4) is 0 Å². The van der Waals surface area contributed by atoms with E-state index in [0.717, 1.165) is 34.6 Å². The number of amides is 1. The summed E-state index contributed by atoms with van der Waals surface area (Å²) in [5, 5.41) is 15.7. The quantitative estimate of drug-likeness (QED) is 0.732. The Balaban J connectivity index is 1.51. The van der Waals surface area contributed by atoms with Crippen LogP contribution in [0.5, 0.6) is 0 Å². The highest BCUT2D eigenvalue weighted by atomic mass is 32.2. The van der Waals surface area contributed by atoms with E-state index in [2.05, 4.69) is 23.5 Å². The third kappa shape index (κ3) is 4.67. The van der Waals surface area contributed by atoms with Gasteiger partial charge in [-0.1, -0.05) is 24.3 Å². The lowest BCUT2D eigenvalue weighted by molar-refractivity contribution is 0.0765. The molecule has 8 heteroatoms. The Bertz CT molecular complexity index is 1130. The summed E-state index contributed by atoms with van der Waals surface area (Å²) in [5.41, 5.74) is 3.09. The van der Waals surface area contributed by atoms with Crippen LogP contribution in [0.4, 0.5) is 0 Å². The molecular formula is C23H29N3O4S. The lowest BCUT2D eigenvalue weighted by Crippen LogP contribution is -2.33. The average Bonchev–Trinajstić information content (AvgIpc) is 3.12. The highest BCUT2D eigenvalue weighted by molar-refractivity contribution is 7.89. The van der Waals surface area contributed by atoms with Crippen molar-refractivity contribution >= 4 is 32.3 Å². The first-order valence-electron chi connectivity index (χ1n) is 10.6. The van der Waals surface area contributed by atoms with Crippen molar-refractivity contribution in [3.63, 3.8) is 0 Å². The second kappa shape index (κ2) is 8.70. The van der Waals surface area contributed by atoms with Crippen molar-refractivity contribution in [3.05, 3.63) is 53.6 Å².